The van der Waals surface area contributed by atoms with Crippen molar-refractivity contribution in [2.75, 3.05) is 46.1 Å². The number of amides is 1. The molecule has 4 rings (SSSR count). The van der Waals surface area contributed by atoms with Gasteiger partial charge in [0.25, 0.3) is 11.5 Å². The zero-order valence-corrected chi connectivity index (χ0v) is 23.6. The Hall–Kier alpha value is -3.48. The quantitative estimate of drug-likeness (QED) is 0.284. The molecule has 1 amide bonds. The van der Waals surface area contributed by atoms with Gasteiger partial charge < -0.3 is 25.0 Å². The number of halogens is 2. The van der Waals surface area contributed by atoms with Crippen LogP contribution in [-0.4, -0.2) is 88.9 Å². The summed E-state index contributed by atoms with van der Waals surface area (Å²) in [5.74, 6) is -1.63. The summed E-state index contributed by atoms with van der Waals surface area (Å²) in [5, 5.41) is 25.9. The van der Waals surface area contributed by atoms with Crippen LogP contribution < -0.4 is 15.6 Å². The van der Waals surface area contributed by atoms with Gasteiger partial charge in [0, 0.05) is 26.1 Å². The number of aliphatic carboxylic acids is 1. The van der Waals surface area contributed by atoms with Gasteiger partial charge in [0.05, 0.1) is 53.7 Å². The molecule has 0 spiro atoms. The van der Waals surface area contributed by atoms with Crippen molar-refractivity contribution in [3.8, 4) is 16.9 Å². The van der Waals surface area contributed by atoms with E-state index in [-0.39, 0.29) is 40.7 Å². The average molecular weight is 605 g/mol. The number of aliphatic hydroxyl groups excluding tert-OH is 1. The lowest BCUT2D eigenvalue weighted by atomic mass is 10.0. The second-order valence-electron chi connectivity index (χ2n) is 9.30. The molecule has 1 aromatic heterocycles. The molecule has 218 valence electrons. The van der Waals surface area contributed by atoms with E-state index in [0.717, 1.165) is 17.8 Å². The van der Waals surface area contributed by atoms with Crippen molar-refractivity contribution in [2.24, 2.45) is 0 Å². The van der Waals surface area contributed by atoms with E-state index in [1.807, 2.05) is 0 Å². The van der Waals surface area contributed by atoms with Crippen LogP contribution in [0.5, 0.6) is 5.75 Å². The van der Waals surface area contributed by atoms with Gasteiger partial charge in [-0.3, -0.25) is 14.5 Å². The molecule has 1 saturated heterocycles. The molecule has 41 heavy (non-hydrogen) atoms. The van der Waals surface area contributed by atoms with Crippen LogP contribution in [0, 0.1) is 0 Å². The van der Waals surface area contributed by atoms with Gasteiger partial charge in [0.15, 0.2) is 5.75 Å². The third-order valence-corrected chi connectivity index (χ3v) is 7.20. The Bertz CT molecular complexity index is 1410. The van der Waals surface area contributed by atoms with Gasteiger partial charge >= 0.3 is 5.97 Å². The molecule has 1 fully saturated rings. The van der Waals surface area contributed by atoms with Crippen LogP contribution in [0.25, 0.3) is 11.1 Å². The lowest BCUT2D eigenvalue weighted by molar-refractivity contribution is -0.139. The smallest absolute Gasteiger partial charge is 0.326 e. The summed E-state index contributed by atoms with van der Waals surface area (Å²) in [5.41, 5.74) is 0.982. The second-order valence-corrected chi connectivity index (χ2v) is 10.1. The number of rotatable bonds is 12. The maximum absolute atomic E-state index is 13.2. The van der Waals surface area contributed by atoms with E-state index in [2.05, 4.69) is 15.3 Å². The van der Waals surface area contributed by atoms with Crippen molar-refractivity contribution in [3.63, 3.8) is 0 Å². The molecule has 3 aromatic rings. The molecule has 0 radical (unpaired) electrons. The molecular formula is C28H30Cl2N4O7. The van der Waals surface area contributed by atoms with Crippen LogP contribution in [-0.2, 0) is 22.5 Å². The Morgan fingerprint density at radius 3 is 2.39 bits per heavy atom. The minimum atomic E-state index is -1.26. The highest BCUT2D eigenvalue weighted by Crippen LogP contribution is 2.27. The molecule has 3 N–H and O–H groups in total. The number of hydrogen-bond acceptors (Lipinski definition) is 8. The number of carboxylic acids is 1. The fourth-order valence-electron chi connectivity index (χ4n) is 4.40. The summed E-state index contributed by atoms with van der Waals surface area (Å²) in [6.45, 7) is 3.69. The van der Waals surface area contributed by atoms with Gasteiger partial charge in [-0.1, -0.05) is 53.5 Å². The van der Waals surface area contributed by atoms with E-state index in [9.17, 15) is 24.6 Å². The fraction of sp³-hybridized carbons (Fsp3) is 0.357. The van der Waals surface area contributed by atoms with Crippen molar-refractivity contribution < 1.29 is 29.3 Å². The van der Waals surface area contributed by atoms with Crippen LogP contribution in [0.15, 0.2) is 53.5 Å². The second kappa shape index (κ2) is 14.4. The molecule has 1 aliphatic heterocycles. The summed E-state index contributed by atoms with van der Waals surface area (Å²) in [4.78, 5) is 40.2. The number of aromatic nitrogens is 2. The van der Waals surface area contributed by atoms with Crippen molar-refractivity contribution in [3.05, 3.63) is 80.2 Å². The molecule has 0 saturated carbocycles. The molecular weight excluding hydrogens is 575 g/mol. The molecule has 0 bridgehead atoms. The fourth-order valence-corrected chi connectivity index (χ4v) is 4.97. The van der Waals surface area contributed by atoms with Gasteiger partial charge in [-0.05, 0) is 23.3 Å². The summed E-state index contributed by atoms with van der Waals surface area (Å²) >= 11 is 12.2. The first kappa shape index (κ1) is 30.5. The molecule has 0 aliphatic carbocycles. The molecule has 2 heterocycles. The first-order valence-electron chi connectivity index (χ1n) is 13.0. The Morgan fingerprint density at radius 1 is 1.07 bits per heavy atom. The third kappa shape index (κ3) is 7.84. The number of ether oxygens (including phenoxy) is 2. The largest absolute Gasteiger partial charge is 0.490 e. The van der Waals surface area contributed by atoms with Crippen molar-refractivity contribution in [1.82, 2.24) is 20.0 Å². The van der Waals surface area contributed by atoms with E-state index >= 15 is 0 Å². The van der Waals surface area contributed by atoms with Gasteiger partial charge in [-0.15, -0.1) is 0 Å². The number of carbonyl (C=O) groups is 2. The van der Waals surface area contributed by atoms with E-state index in [1.165, 1.54) is 18.3 Å². The average Bonchev–Trinajstić information content (AvgIpc) is 2.95. The highest BCUT2D eigenvalue weighted by molar-refractivity contribution is 6.39. The number of nitrogens with one attached hydrogen (secondary N) is 1. The maximum atomic E-state index is 13.2. The van der Waals surface area contributed by atoms with Gasteiger partial charge in [-0.2, -0.15) is 5.10 Å². The Morgan fingerprint density at radius 2 is 1.76 bits per heavy atom. The number of morpholine rings is 1. The molecule has 1 aliphatic rings. The van der Waals surface area contributed by atoms with Crippen molar-refractivity contribution in [2.45, 2.75) is 19.0 Å². The highest BCUT2D eigenvalue weighted by Gasteiger charge is 2.24. The summed E-state index contributed by atoms with van der Waals surface area (Å²) in [7, 11) is 0. The number of benzene rings is 2. The van der Waals surface area contributed by atoms with E-state index < -0.39 is 23.5 Å². The lowest BCUT2D eigenvalue weighted by Crippen LogP contribution is -2.42. The van der Waals surface area contributed by atoms with Crippen LogP contribution in [0.3, 0.4) is 0 Å². The van der Waals surface area contributed by atoms with Crippen LogP contribution >= 0.6 is 23.2 Å². The summed E-state index contributed by atoms with van der Waals surface area (Å²) < 4.78 is 12.5. The standard InChI is InChI=1S/C28H30Cl2N4O7/c29-20-2-1-3-21(30)25(20)26(36)32-22(28(38)39)16-18-4-6-19(7-5-18)24-23(17-31-34(8-12-35)27(24)37)41-15-11-33-9-13-40-14-10-33/h1-7,17,22,35H,8-16H2,(H,32,36)(H,38,39)/t22-/m0/s1. The number of aliphatic hydroxyl groups is 1. The lowest BCUT2D eigenvalue weighted by Gasteiger charge is -2.26. The first-order chi connectivity index (χ1) is 19.8. The molecule has 13 heteroatoms. The zero-order chi connectivity index (χ0) is 29.4. The first-order valence-corrected chi connectivity index (χ1v) is 13.7. The highest BCUT2D eigenvalue weighted by atomic mass is 35.5. The van der Waals surface area contributed by atoms with Gasteiger partial charge in [0.2, 0.25) is 0 Å². The topological polar surface area (TPSA) is 143 Å². The normalized spacial score (nSPS) is 14.4. The predicted octanol–water partition coefficient (Wildman–Crippen LogP) is 2.35. The SMILES string of the molecule is O=C(N[C@@H](Cc1ccc(-c2c(OCCN3CCOCC3)cnn(CCO)c2=O)cc1)C(=O)O)c1c(Cl)cccc1Cl. The monoisotopic (exact) mass is 604 g/mol. The third-order valence-electron chi connectivity index (χ3n) is 6.57. The number of carboxylic acid groups (broad SMARTS) is 1. The molecule has 1 atom stereocenters. The maximum Gasteiger partial charge on any atom is 0.326 e. The van der Waals surface area contributed by atoms with E-state index in [1.54, 1.807) is 30.3 Å². The van der Waals surface area contributed by atoms with Crippen LogP contribution in [0.2, 0.25) is 10.0 Å². The Balaban J connectivity index is 1.52. The molecule has 0 unspecified atom stereocenters. The van der Waals surface area contributed by atoms with Crippen molar-refractivity contribution in [1.29, 1.82) is 0 Å². The number of carbonyl (C=O) groups excluding carboxylic acids is 1. The molecule has 11 nitrogen and oxygen atoms in total. The Labute approximate surface area is 246 Å². The zero-order valence-electron chi connectivity index (χ0n) is 22.1. The number of nitrogens with zero attached hydrogens (tertiary/aromatic N) is 3. The van der Waals surface area contributed by atoms with E-state index in [0.29, 0.717) is 43.2 Å². The minimum Gasteiger partial charge on any atom is -0.490 e. The van der Waals surface area contributed by atoms with Gasteiger partial charge in [-0.25, -0.2) is 9.48 Å². The summed E-state index contributed by atoms with van der Waals surface area (Å²) in [6, 6.07) is 10.0. The summed E-state index contributed by atoms with van der Waals surface area (Å²) in [6.07, 6.45) is 1.42. The number of hydrogen-bond donors (Lipinski definition) is 3. The van der Waals surface area contributed by atoms with E-state index in [4.69, 9.17) is 32.7 Å². The van der Waals surface area contributed by atoms with Crippen LogP contribution in [0.1, 0.15) is 15.9 Å². The van der Waals surface area contributed by atoms with Gasteiger partial charge in [0.1, 0.15) is 12.6 Å². The van der Waals surface area contributed by atoms with Crippen LogP contribution in [0.4, 0.5) is 0 Å². The molecule has 2 aromatic carbocycles. The Kier molecular flexibility index (Phi) is 10.7. The van der Waals surface area contributed by atoms with Crippen molar-refractivity contribution >= 4 is 35.1 Å². The predicted molar refractivity (Wildman–Crippen MR) is 153 cm³/mol. The minimum absolute atomic E-state index is 0.00423.